The van der Waals surface area contributed by atoms with Gasteiger partial charge in [-0.25, -0.2) is 0 Å². The zero-order valence-electron chi connectivity index (χ0n) is 22.0. The fraction of sp³-hybridized carbons (Fsp3) is 0.125. The molecule has 0 saturated heterocycles. The van der Waals surface area contributed by atoms with E-state index in [0.717, 1.165) is 15.6 Å². The van der Waals surface area contributed by atoms with E-state index >= 15 is 0 Å². The van der Waals surface area contributed by atoms with Crippen LogP contribution in [0.3, 0.4) is 0 Å². The monoisotopic (exact) mass is 650 g/mol. The minimum absolute atomic E-state index is 0.105. The lowest BCUT2D eigenvalue weighted by molar-refractivity contribution is -0.112. The number of carbonyl (C=O) groups is 1. The molecule has 0 saturated carbocycles. The fourth-order valence-corrected chi connectivity index (χ4v) is 4.50. The van der Waals surface area contributed by atoms with Crippen LogP contribution in [-0.2, 0) is 18.0 Å². The minimum Gasteiger partial charge on any atom is -0.490 e. The summed E-state index contributed by atoms with van der Waals surface area (Å²) in [7, 11) is 0. The van der Waals surface area contributed by atoms with Crippen LogP contribution in [0.15, 0.2) is 95.0 Å². The molecule has 0 radical (unpaired) electrons. The minimum atomic E-state index is -0.564. The number of anilines is 1. The summed E-state index contributed by atoms with van der Waals surface area (Å²) in [5, 5.41) is 13.3. The Labute approximate surface area is 257 Å². The number of halogens is 3. The van der Waals surface area contributed by atoms with Gasteiger partial charge in [0.1, 0.15) is 30.6 Å². The number of hydrogen-bond acceptors (Lipinski definition) is 5. The molecular weight excluding hydrogens is 627 g/mol. The topological polar surface area (TPSA) is 80.6 Å². The van der Waals surface area contributed by atoms with Crippen molar-refractivity contribution in [2.75, 3.05) is 11.9 Å². The van der Waals surface area contributed by atoms with E-state index in [1.165, 1.54) is 6.08 Å². The van der Waals surface area contributed by atoms with E-state index in [1.807, 2.05) is 49.4 Å². The van der Waals surface area contributed by atoms with Gasteiger partial charge in [-0.15, -0.1) is 0 Å². The molecule has 1 amide bonds. The Hall–Kier alpha value is -3.96. The summed E-state index contributed by atoms with van der Waals surface area (Å²) in [6, 6.07) is 27.3. The van der Waals surface area contributed by atoms with Gasteiger partial charge in [0.05, 0.1) is 11.6 Å². The lowest BCUT2D eigenvalue weighted by Crippen LogP contribution is -2.13. The first kappa shape index (κ1) is 30.0. The number of rotatable bonds is 11. The van der Waals surface area contributed by atoms with Gasteiger partial charge in [0, 0.05) is 15.2 Å². The Morgan fingerprint density at radius 3 is 2.34 bits per heavy atom. The van der Waals surface area contributed by atoms with Crippen LogP contribution in [-0.4, -0.2) is 12.5 Å². The molecule has 1 N–H and O–H groups in total. The number of ether oxygens (including phenoxy) is 3. The predicted molar refractivity (Wildman–Crippen MR) is 166 cm³/mol. The number of carbonyl (C=O) groups excluding carboxylic acids is 1. The summed E-state index contributed by atoms with van der Waals surface area (Å²) in [5.41, 5.74) is 2.82. The summed E-state index contributed by atoms with van der Waals surface area (Å²) >= 11 is 16.0. The van der Waals surface area contributed by atoms with Gasteiger partial charge in [0.25, 0.3) is 5.91 Å². The highest BCUT2D eigenvalue weighted by Gasteiger charge is 2.15. The number of nitriles is 1. The third-order valence-electron chi connectivity index (χ3n) is 5.71. The molecule has 6 nitrogen and oxygen atoms in total. The second-order valence-corrected chi connectivity index (χ2v) is 10.5. The lowest BCUT2D eigenvalue weighted by atomic mass is 10.1. The van der Waals surface area contributed by atoms with Crippen LogP contribution >= 0.6 is 39.1 Å². The van der Waals surface area contributed by atoms with Crippen LogP contribution in [0.1, 0.15) is 23.6 Å². The van der Waals surface area contributed by atoms with E-state index < -0.39 is 5.91 Å². The smallest absolute Gasteiger partial charge is 0.266 e. The average molecular weight is 652 g/mol. The molecular formula is C32H25BrCl2N2O4. The molecule has 208 valence electrons. The molecule has 0 bridgehead atoms. The highest BCUT2D eigenvalue weighted by Crippen LogP contribution is 2.38. The van der Waals surface area contributed by atoms with Crippen molar-refractivity contribution in [2.24, 2.45) is 0 Å². The number of nitrogens with zero attached hydrogens (tertiary/aromatic N) is 1. The van der Waals surface area contributed by atoms with Crippen molar-refractivity contribution in [3.05, 3.63) is 122 Å². The maximum Gasteiger partial charge on any atom is 0.266 e. The number of nitrogens with one attached hydrogen (secondary N) is 1. The molecule has 0 heterocycles. The molecule has 4 aromatic rings. The Kier molecular flexibility index (Phi) is 10.7. The van der Waals surface area contributed by atoms with E-state index in [9.17, 15) is 10.1 Å². The molecule has 9 heteroatoms. The Balaban J connectivity index is 1.43. The summed E-state index contributed by atoms with van der Waals surface area (Å²) in [6.45, 7) is 2.85. The first-order valence-corrected chi connectivity index (χ1v) is 14.1. The molecule has 0 aliphatic carbocycles. The first-order chi connectivity index (χ1) is 19.8. The molecule has 0 atom stereocenters. The van der Waals surface area contributed by atoms with Gasteiger partial charge in [-0.3, -0.25) is 4.79 Å². The van der Waals surface area contributed by atoms with E-state index in [-0.39, 0.29) is 17.2 Å². The largest absolute Gasteiger partial charge is 0.490 e. The van der Waals surface area contributed by atoms with Gasteiger partial charge < -0.3 is 19.5 Å². The predicted octanol–water partition coefficient (Wildman–Crippen LogP) is 8.86. The Bertz CT molecular complexity index is 1580. The van der Waals surface area contributed by atoms with Gasteiger partial charge in [0.15, 0.2) is 11.5 Å². The molecule has 0 aromatic heterocycles. The molecule has 0 fully saturated rings. The first-order valence-electron chi connectivity index (χ1n) is 12.6. The number of benzene rings is 4. The van der Waals surface area contributed by atoms with Crippen LogP contribution in [0.2, 0.25) is 10.0 Å². The zero-order chi connectivity index (χ0) is 29.2. The highest BCUT2D eigenvalue weighted by molar-refractivity contribution is 9.10. The number of hydrogen-bond donors (Lipinski definition) is 1. The lowest BCUT2D eigenvalue weighted by Gasteiger charge is -2.15. The third kappa shape index (κ3) is 8.76. The van der Waals surface area contributed by atoms with Crippen molar-refractivity contribution in [1.82, 2.24) is 0 Å². The maximum absolute atomic E-state index is 12.9. The van der Waals surface area contributed by atoms with Crippen LogP contribution in [0, 0.1) is 11.3 Å². The molecule has 0 spiro atoms. The average Bonchev–Trinajstić information content (AvgIpc) is 2.96. The second-order valence-electron chi connectivity index (χ2n) is 8.75. The van der Waals surface area contributed by atoms with Gasteiger partial charge in [-0.05, 0) is 90.4 Å². The SMILES string of the molecule is CCOc1cc(/C=C(\C#N)C(=O)Nc2ccc(OCc3ccc(Br)cc3)cc2)cc(Cl)c1OCc1cccc(Cl)c1. The van der Waals surface area contributed by atoms with Gasteiger partial charge in [-0.2, -0.15) is 5.26 Å². The molecule has 4 aromatic carbocycles. The van der Waals surface area contributed by atoms with Gasteiger partial charge >= 0.3 is 0 Å². The summed E-state index contributed by atoms with van der Waals surface area (Å²) in [6.07, 6.45) is 1.44. The van der Waals surface area contributed by atoms with Crippen molar-refractivity contribution in [3.63, 3.8) is 0 Å². The van der Waals surface area contributed by atoms with Crippen molar-refractivity contribution >= 4 is 56.8 Å². The van der Waals surface area contributed by atoms with E-state index in [1.54, 1.807) is 48.5 Å². The molecule has 0 aliphatic heterocycles. The van der Waals surface area contributed by atoms with E-state index in [0.29, 0.717) is 46.7 Å². The van der Waals surface area contributed by atoms with Gasteiger partial charge in [0.2, 0.25) is 0 Å². The third-order valence-corrected chi connectivity index (χ3v) is 6.76. The molecule has 41 heavy (non-hydrogen) atoms. The van der Waals surface area contributed by atoms with Gasteiger partial charge in [-0.1, -0.05) is 63.4 Å². The molecule has 4 rings (SSSR count). The zero-order valence-corrected chi connectivity index (χ0v) is 25.1. The van der Waals surface area contributed by atoms with E-state index in [2.05, 4.69) is 21.2 Å². The summed E-state index contributed by atoms with van der Waals surface area (Å²) in [4.78, 5) is 12.9. The molecule has 0 unspecified atom stereocenters. The van der Waals surface area contributed by atoms with Crippen molar-refractivity contribution in [3.8, 4) is 23.3 Å². The van der Waals surface area contributed by atoms with Crippen molar-refractivity contribution in [2.45, 2.75) is 20.1 Å². The second kappa shape index (κ2) is 14.6. The van der Waals surface area contributed by atoms with Crippen LogP contribution in [0.5, 0.6) is 17.2 Å². The van der Waals surface area contributed by atoms with Crippen LogP contribution in [0.4, 0.5) is 5.69 Å². The van der Waals surface area contributed by atoms with Crippen molar-refractivity contribution < 1.29 is 19.0 Å². The normalized spacial score (nSPS) is 11.0. The quantitative estimate of drug-likeness (QED) is 0.129. The highest BCUT2D eigenvalue weighted by atomic mass is 79.9. The standard InChI is InChI=1S/C32H25BrCl2N2O4/c1-2-39-30-17-23(16-29(35)31(30)41-20-22-4-3-5-26(34)15-22)14-24(18-36)32(38)37-27-10-12-28(13-11-27)40-19-21-6-8-25(33)9-7-21/h3-17H,2,19-20H2,1H3,(H,37,38)/b24-14+. The maximum atomic E-state index is 12.9. The Morgan fingerprint density at radius 2 is 1.66 bits per heavy atom. The Morgan fingerprint density at radius 1 is 0.927 bits per heavy atom. The number of amides is 1. The van der Waals surface area contributed by atoms with E-state index in [4.69, 9.17) is 37.4 Å². The summed E-state index contributed by atoms with van der Waals surface area (Å²) in [5.74, 6) is 0.838. The fourth-order valence-electron chi connectivity index (χ4n) is 3.75. The van der Waals surface area contributed by atoms with Crippen LogP contribution < -0.4 is 19.5 Å². The molecule has 0 aliphatic rings. The summed E-state index contributed by atoms with van der Waals surface area (Å²) < 4.78 is 18.5. The van der Waals surface area contributed by atoms with Crippen molar-refractivity contribution in [1.29, 1.82) is 5.26 Å². The van der Waals surface area contributed by atoms with Crippen LogP contribution in [0.25, 0.3) is 6.08 Å².